The monoisotopic (exact) mass is 563 g/mol. The molecule has 2 atom stereocenters. The number of sulfonamides is 1. The van der Waals surface area contributed by atoms with E-state index in [-0.39, 0.29) is 23.4 Å². The largest absolute Gasteiger partial charge is 0.352 e. The van der Waals surface area contributed by atoms with Crippen molar-refractivity contribution in [1.29, 1.82) is 0 Å². The minimum Gasteiger partial charge on any atom is -0.352 e. The summed E-state index contributed by atoms with van der Waals surface area (Å²) in [6.45, 7) is 12.9. The summed E-state index contributed by atoms with van der Waals surface area (Å²) < 4.78 is 29.2. The van der Waals surface area contributed by atoms with E-state index in [0.717, 1.165) is 34.2 Å². The number of hydrogen-bond donors (Lipinski definition) is 1. The van der Waals surface area contributed by atoms with Gasteiger partial charge in [0.05, 0.1) is 10.6 Å². The van der Waals surface area contributed by atoms with Crippen LogP contribution >= 0.6 is 0 Å². The van der Waals surface area contributed by atoms with Crippen LogP contribution in [0.5, 0.6) is 0 Å². The molecule has 0 bridgehead atoms. The summed E-state index contributed by atoms with van der Waals surface area (Å²) in [5, 5.41) is 2.96. The number of carbonyl (C=O) groups is 2. The molecule has 0 radical (unpaired) electrons. The van der Waals surface area contributed by atoms with Gasteiger partial charge in [0.2, 0.25) is 11.8 Å². The van der Waals surface area contributed by atoms with Gasteiger partial charge in [0.1, 0.15) is 12.6 Å². The number of rotatable bonds is 11. The third-order valence-corrected chi connectivity index (χ3v) is 9.15. The maximum absolute atomic E-state index is 14.1. The van der Waals surface area contributed by atoms with Gasteiger partial charge in [-0.2, -0.15) is 0 Å². The van der Waals surface area contributed by atoms with Gasteiger partial charge in [-0.25, -0.2) is 8.42 Å². The van der Waals surface area contributed by atoms with Crippen LogP contribution < -0.4 is 9.62 Å². The first-order valence-electron chi connectivity index (χ1n) is 13.7. The van der Waals surface area contributed by atoms with Gasteiger partial charge in [-0.15, -0.1) is 0 Å². The molecule has 7 nitrogen and oxygen atoms in total. The summed E-state index contributed by atoms with van der Waals surface area (Å²) >= 11 is 0. The first-order valence-corrected chi connectivity index (χ1v) is 15.1. The van der Waals surface area contributed by atoms with Crippen molar-refractivity contribution < 1.29 is 18.0 Å². The first-order chi connectivity index (χ1) is 18.8. The van der Waals surface area contributed by atoms with Crippen LogP contribution in [0.4, 0.5) is 5.69 Å². The zero-order valence-corrected chi connectivity index (χ0v) is 25.4. The highest BCUT2D eigenvalue weighted by atomic mass is 32.2. The number of amides is 2. The highest BCUT2D eigenvalue weighted by molar-refractivity contribution is 7.92. The predicted molar refractivity (Wildman–Crippen MR) is 161 cm³/mol. The van der Waals surface area contributed by atoms with E-state index in [2.05, 4.69) is 5.32 Å². The van der Waals surface area contributed by atoms with Gasteiger partial charge in [0.15, 0.2) is 0 Å². The van der Waals surface area contributed by atoms with Crippen molar-refractivity contribution >= 4 is 27.5 Å². The van der Waals surface area contributed by atoms with E-state index >= 15 is 0 Å². The van der Waals surface area contributed by atoms with Gasteiger partial charge < -0.3 is 10.2 Å². The zero-order valence-electron chi connectivity index (χ0n) is 24.6. The number of nitrogens with one attached hydrogen (secondary N) is 1. The van der Waals surface area contributed by atoms with Gasteiger partial charge in [-0.05, 0) is 82.9 Å². The van der Waals surface area contributed by atoms with Crippen LogP contribution in [0.25, 0.3) is 0 Å². The molecule has 214 valence electrons. The summed E-state index contributed by atoms with van der Waals surface area (Å²) in [5.74, 6) is -0.751. The van der Waals surface area contributed by atoms with Gasteiger partial charge in [-0.3, -0.25) is 13.9 Å². The second kappa shape index (κ2) is 13.1. The second-order valence-corrected chi connectivity index (χ2v) is 12.4. The Balaban J connectivity index is 2.06. The van der Waals surface area contributed by atoms with Crippen molar-refractivity contribution in [2.24, 2.45) is 0 Å². The molecule has 0 unspecified atom stereocenters. The van der Waals surface area contributed by atoms with E-state index in [1.165, 1.54) is 9.21 Å². The maximum atomic E-state index is 14.1. The van der Waals surface area contributed by atoms with E-state index in [0.29, 0.717) is 5.69 Å². The lowest BCUT2D eigenvalue weighted by molar-refractivity contribution is -0.139. The van der Waals surface area contributed by atoms with Gasteiger partial charge in [0.25, 0.3) is 10.0 Å². The van der Waals surface area contributed by atoms with Crippen LogP contribution in [0.2, 0.25) is 0 Å². The van der Waals surface area contributed by atoms with Crippen LogP contribution in [0.1, 0.15) is 55.0 Å². The zero-order chi connectivity index (χ0) is 29.6. The average Bonchev–Trinajstić information content (AvgIpc) is 2.92. The molecule has 0 aliphatic heterocycles. The molecule has 3 aromatic rings. The number of anilines is 1. The maximum Gasteiger partial charge on any atom is 0.264 e. The van der Waals surface area contributed by atoms with E-state index in [1.54, 1.807) is 43.3 Å². The average molecular weight is 564 g/mol. The normalized spacial score (nSPS) is 12.9. The Hall–Kier alpha value is -3.65. The van der Waals surface area contributed by atoms with E-state index < -0.39 is 28.5 Å². The predicted octanol–water partition coefficient (Wildman–Crippen LogP) is 5.45. The number of nitrogens with zero attached hydrogens (tertiary/aromatic N) is 2. The Morgan fingerprint density at radius 2 is 1.43 bits per heavy atom. The fourth-order valence-corrected chi connectivity index (χ4v) is 5.77. The molecule has 40 heavy (non-hydrogen) atoms. The number of hydrogen-bond acceptors (Lipinski definition) is 4. The lowest BCUT2D eigenvalue weighted by atomic mass is 10.1. The minimum absolute atomic E-state index is 0.0559. The Morgan fingerprint density at radius 3 is 2.00 bits per heavy atom. The van der Waals surface area contributed by atoms with Gasteiger partial charge >= 0.3 is 0 Å². The van der Waals surface area contributed by atoms with Crippen molar-refractivity contribution in [2.45, 2.75) is 78.4 Å². The molecule has 0 spiro atoms. The Morgan fingerprint density at radius 1 is 0.850 bits per heavy atom. The number of aryl methyl sites for hydroxylation is 3. The third kappa shape index (κ3) is 7.30. The molecule has 0 saturated heterocycles. The molecule has 0 saturated carbocycles. The summed E-state index contributed by atoms with van der Waals surface area (Å²) in [4.78, 5) is 28.8. The molecule has 3 aromatic carbocycles. The van der Waals surface area contributed by atoms with Crippen LogP contribution in [0.15, 0.2) is 71.6 Å². The minimum atomic E-state index is -4.10. The summed E-state index contributed by atoms with van der Waals surface area (Å²) in [6.07, 6.45) is 0.750. The molecular weight excluding hydrogens is 522 g/mol. The summed E-state index contributed by atoms with van der Waals surface area (Å²) in [7, 11) is -4.10. The van der Waals surface area contributed by atoms with Crippen molar-refractivity contribution in [3.63, 3.8) is 0 Å². The van der Waals surface area contributed by atoms with Gasteiger partial charge in [-0.1, -0.05) is 66.6 Å². The fourth-order valence-electron chi connectivity index (χ4n) is 4.29. The summed E-state index contributed by atoms with van der Waals surface area (Å²) in [5.41, 5.74) is 4.96. The highest BCUT2D eigenvalue weighted by Crippen LogP contribution is 2.29. The summed E-state index contributed by atoms with van der Waals surface area (Å²) in [6, 6.07) is 18.9. The smallest absolute Gasteiger partial charge is 0.264 e. The Bertz CT molecular complexity index is 1430. The van der Waals surface area contributed by atoms with E-state index in [1.807, 2.05) is 71.9 Å². The molecule has 1 N–H and O–H groups in total. The third-order valence-electron chi connectivity index (χ3n) is 7.37. The topological polar surface area (TPSA) is 86.8 Å². The fraction of sp³-hybridized carbons (Fsp3) is 0.375. The van der Waals surface area contributed by atoms with Crippen molar-refractivity contribution in [3.8, 4) is 0 Å². The van der Waals surface area contributed by atoms with E-state index in [4.69, 9.17) is 0 Å². The molecule has 8 heteroatoms. The van der Waals surface area contributed by atoms with Crippen molar-refractivity contribution in [2.75, 3.05) is 10.8 Å². The van der Waals surface area contributed by atoms with Crippen LogP contribution in [-0.2, 0) is 26.2 Å². The van der Waals surface area contributed by atoms with Crippen LogP contribution in [0, 0.1) is 27.7 Å². The van der Waals surface area contributed by atoms with E-state index in [9.17, 15) is 18.0 Å². The standard InChI is InChI=1S/C32H41N3O4S/c1-8-25(5)33-32(37)27(7)34(20-28-16-12-22(2)13-17-28)31(36)21-35(30-11-9-10-24(4)26(30)6)40(38,39)29-18-14-23(3)15-19-29/h9-19,25,27H,8,20-21H2,1-7H3,(H,33,37)/t25-,27-/m1/s1. The number of benzene rings is 3. The number of carbonyl (C=O) groups excluding carboxylic acids is 2. The molecule has 2 amide bonds. The second-order valence-electron chi connectivity index (χ2n) is 10.5. The molecule has 0 heterocycles. The van der Waals surface area contributed by atoms with Crippen molar-refractivity contribution in [1.82, 2.24) is 10.2 Å². The Labute approximate surface area is 239 Å². The lowest BCUT2D eigenvalue weighted by Gasteiger charge is -2.33. The molecule has 0 fully saturated rings. The molecule has 0 aliphatic rings. The van der Waals surface area contributed by atoms with Crippen LogP contribution in [0.3, 0.4) is 0 Å². The first kappa shape index (κ1) is 30.9. The quantitative estimate of drug-likeness (QED) is 0.336. The highest BCUT2D eigenvalue weighted by Gasteiger charge is 2.33. The molecule has 0 aromatic heterocycles. The molecule has 3 rings (SSSR count). The lowest BCUT2D eigenvalue weighted by Crippen LogP contribution is -2.52. The van der Waals surface area contributed by atoms with Gasteiger partial charge in [0, 0.05) is 12.6 Å². The Kier molecular flexibility index (Phi) is 10.1. The van der Waals surface area contributed by atoms with Crippen LogP contribution in [-0.4, -0.2) is 43.8 Å². The SMILES string of the molecule is CC[C@@H](C)NC(=O)[C@@H](C)N(Cc1ccc(C)cc1)C(=O)CN(c1cccc(C)c1C)S(=O)(=O)c1ccc(C)cc1. The molecule has 0 aliphatic carbocycles. The van der Waals surface area contributed by atoms with Crippen molar-refractivity contribution in [3.05, 3.63) is 94.5 Å². The molecular formula is C32H41N3O4S.